The molecule has 2 aliphatic carbocycles. The maximum absolute atomic E-state index is 6.38. The molecule has 3 heteroatoms. The van der Waals surface area contributed by atoms with Crippen LogP contribution in [0.4, 0.5) is 0 Å². The fourth-order valence-corrected chi connectivity index (χ4v) is 4.34. The average Bonchev–Trinajstić information content (AvgIpc) is 3.09. The SMILES string of the molecule is Clc1cccc(SCC2CCCC2)c1CNC1CC1. The highest BCUT2D eigenvalue weighted by atomic mass is 35.5. The zero-order chi connectivity index (χ0) is 13.1. The van der Waals surface area contributed by atoms with E-state index in [2.05, 4.69) is 17.4 Å². The van der Waals surface area contributed by atoms with Gasteiger partial charge in [-0.15, -0.1) is 11.8 Å². The summed E-state index contributed by atoms with van der Waals surface area (Å²) in [6.45, 7) is 0.928. The molecule has 0 heterocycles. The first kappa shape index (κ1) is 13.8. The molecule has 0 atom stereocenters. The van der Waals surface area contributed by atoms with Crippen LogP contribution in [-0.2, 0) is 6.54 Å². The van der Waals surface area contributed by atoms with E-state index in [0.717, 1.165) is 23.5 Å². The molecule has 2 saturated carbocycles. The van der Waals surface area contributed by atoms with Crippen molar-refractivity contribution in [3.63, 3.8) is 0 Å². The van der Waals surface area contributed by atoms with Crippen LogP contribution in [0.25, 0.3) is 0 Å². The van der Waals surface area contributed by atoms with Crippen LogP contribution in [0.1, 0.15) is 44.1 Å². The summed E-state index contributed by atoms with van der Waals surface area (Å²) in [5.74, 6) is 2.18. The summed E-state index contributed by atoms with van der Waals surface area (Å²) in [4.78, 5) is 1.38. The van der Waals surface area contributed by atoms with Gasteiger partial charge in [-0.2, -0.15) is 0 Å². The lowest BCUT2D eigenvalue weighted by Gasteiger charge is -2.14. The van der Waals surface area contributed by atoms with E-state index >= 15 is 0 Å². The zero-order valence-corrected chi connectivity index (χ0v) is 12.9. The summed E-state index contributed by atoms with van der Waals surface area (Å²) >= 11 is 8.38. The lowest BCUT2D eigenvalue weighted by Crippen LogP contribution is -2.16. The molecule has 1 aromatic rings. The number of thioether (sulfide) groups is 1. The predicted molar refractivity (Wildman–Crippen MR) is 84.0 cm³/mol. The van der Waals surface area contributed by atoms with Crippen LogP contribution in [-0.4, -0.2) is 11.8 Å². The van der Waals surface area contributed by atoms with Gasteiger partial charge in [0.2, 0.25) is 0 Å². The number of nitrogens with one attached hydrogen (secondary N) is 1. The maximum atomic E-state index is 6.38. The van der Waals surface area contributed by atoms with E-state index in [1.807, 2.05) is 17.8 Å². The Morgan fingerprint density at radius 2 is 1.95 bits per heavy atom. The second-order valence-corrected chi connectivity index (χ2v) is 7.30. The van der Waals surface area contributed by atoms with Crippen LogP contribution < -0.4 is 5.32 Å². The van der Waals surface area contributed by atoms with Gasteiger partial charge in [-0.05, 0) is 49.3 Å². The van der Waals surface area contributed by atoms with Crippen LogP contribution in [0, 0.1) is 5.92 Å². The van der Waals surface area contributed by atoms with Crippen LogP contribution in [0.5, 0.6) is 0 Å². The molecule has 3 rings (SSSR count). The number of halogens is 1. The van der Waals surface area contributed by atoms with Crippen molar-refractivity contribution in [2.75, 3.05) is 5.75 Å². The molecule has 0 saturated heterocycles. The molecule has 0 bridgehead atoms. The monoisotopic (exact) mass is 295 g/mol. The van der Waals surface area contributed by atoms with Crippen LogP contribution in [0.2, 0.25) is 5.02 Å². The highest BCUT2D eigenvalue weighted by Gasteiger charge is 2.21. The standard InChI is InChI=1S/C16H22ClNS/c17-15-6-3-7-16(14(15)10-18-13-8-9-13)19-11-12-4-1-2-5-12/h3,6-7,12-13,18H,1-2,4-5,8-11H2. The minimum atomic E-state index is 0.740. The van der Waals surface area contributed by atoms with Gasteiger partial charge >= 0.3 is 0 Å². The van der Waals surface area contributed by atoms with Crippen LogP contribution >= 0.6 is 23.4 Å². The normalized spacial score (nSPS) is 20.1. The molecule has 0 amide bonds. The fraction of sp³-hybridized carbons (Fsp3) is 0.625. The Hall–Kier alpha value is -0.180. The van der Waals surface area contributed by atoms with Gasteiger partial charge in [0.15, 0.2) is 0 Å². The molecule has 1 aromatic carbocycles. The molecule has 1 N–H and O–H groups in total. The van der Waals surface area contributed by atoms with E-state index in [4.69, 9.17) is 11.6 Å². The van der Waals surface area contributed by atoms with E-state index in [9.17, 15) is 0 Å². The molecule has 2 aliphatic rings. The Morgan fingerprint density at radius 3 is 2.68 bits per heavy atom. The van der Waals surface area contributed by atoms with E-state index in [1.165, 1.54) is 54.7 Å². The van der Waals surface area contributed by atoms with Crippen molar-refractivity contribution in [2.45, 2.75) is 56.0 Å². The number of hydrogen-bond acceptors (Lipinski definition) is 2. The quantitative estimate of drug-likeness (QED) is 0.751. The van der Waals surface area contributed by atoms with Gasteiger partial charge < -0.3 is 5.32 Å². The van der Waals surface area contributed by atoms with Crippen LogP contribution in [0.3, 0.4) is 0 Å². The van der Waals surface area contributed by atoms with Gasteiger partial charge in [0.1, 0.15) is 0 Å². The molecular formula is C16H22ClNS. The molecule has 0 aliphatic heterocycles. The summed E-state index contributed by atoms with van der Waals surface area (Å²) in [7, 11) is 0. The molecule has 0 radical (unpaired) electrons. The van der Waals surface area contributed by atoms with Gasteiger partial charge in [-0.25, -0.2) is 0 Å². The first-order valence-electron chi connectivity index (χ1n) is 7.46. The van der Waals surface area contributed by atoms with E-state index < -0.39 is 0 Å². The van der Waals surface area contributed by atoms with Gasteiger partial charge in [0.25, 0.3) is 0 Å². The van der Waals surface area contributed by atoms with Crippen molar-refractivity contribution in [1.82, 2.24) is 5.32 Å². The number of hydrogen-bond donors (Lipinski definition) is 1. The lowest BCUT2D eigenvalue weighted by atomic mass is 10.1. The third kappa shape index (κ3) is 3.90. The predicted octanol–water partition coefficient (Wildman–Crippen LogP) is 4.87. The van der Waals surface area contributed by atoms with Gasteiger partial charge in [-0.3, -0.25) is 0 Å². The molecule has 0 spiro atoms. The van der Waals surface area contributed by atoms with Gasteiger partial charge in [-0.1, -0.05) is 30.5 Å². The summed E-state index contributed by atoms with van der Waals surface area (Å²) in [6, 6.07) is 7.07. The molecule has 0 unspecified atom stereocenters. The number of rotatable bonds is 6. The van der Waals surface area contributed by atoms with E-state index in [0.29, 0.717) is 0 Å². The number of benzene rings is 1. The Labute approximate surface area is 125 Å². The molecular weight excluding hydrogens is 274 g/mol. The summed E-state index contributed by atoms with van der Waals surface area (Å²) in [6.07, 6.45) is 8.35. The van der Waals surface area contributed by atoms with Crippen molar-refractivity contribution in [2.24, 2.45) is 5.92 Å². The Kier molecular flexibility index (Phi) is 4.73. The molecule has 2 fully saturated rings. The van der Waals surface area contributed by atoms with Gasteiger partial charge in [0, 0.05) is 28.3 Å². The molecule has 1 nitrogen and oxygen atoms in total. The average molecular weight is 296 g/mol. The smallest absolute Gasteiger partial charge is 0.0462 e. The Balaban J connectivity index is 1.62. The minimum absolute atomic E-state index is 0.740. The van der Waals surface area contributed by atoms with Crippen molar-refractivity contribution in [3.8, 4) is 0 Å². The van der Waals surface area contributed by atoms with Crippen molar-refractivity contribution < 1.29 is 0 Å². The van der Waals surface area contributed by atoms with E-state index in [1.54, 1.807) is 0 Å². The second-order valence-electron chi connectivity index (χ2n) is 5.83. The lowest BCUT2D eigenvalue weighted by molar-refractivity contribution is 0.622. The zero-order valence-electron chi connectivity index (χ0n) is 11.3. The van der Waals surface area contributed by atoms with Crippen molar-refractivity contribution in [3.05, 3.63) is 28.8 Å². The van der Waals surface area contributed by atoms with Crippen LogP contribution in [0.15, 0.2) is 23.1 Å². The fourth-order valence-electron chi connectivity index (χ4n) is 2.76. The molecule has 0 aromatic heterocycles. The Bertz CT molecular complexity index is 425. The third-order valence-corrected chi connectivity index (χ3v) is 5.86. The third-order valence-electron chi connectivity index (χ3n) is 4.17. The first-order chi connectivity index (χ1) is 9.33. The van der Waals surface area contributed by atoms with E-state index in [-0.39, 0.29) is 0 Å². The summed E-state index contributed by atoms with van der Waals surface area (Å²) < 4.78 is 0. The topological polar surface area (TPSA) is 12.0 Å². The maximum Gasteiger partial charge on any atom is 0.0462 e. The van der Waals surface area contributed by atoms with Gasteiger partial charge in [0.05, 0.1) is 0 Å². The molecule has 104 valence electrons. The highest BCUT2D eigenvalue weighted by molar-refractivity contribution is 7.99. The first-order valence-corrected chi connectivity index (χ1v) is 8.83. The second kappa shape index (κ2) is 6.51. The minimum Gasteiger partial charge on any atom is -0.310 e. The Morgan fingerprint density at radius 1 is 1.16 bits per heavy atom. The largest absolute Gasteiger partial charge is 0.310 e. The van der Waals surface area contributed by atoms with Crippen molar-refractivity contribution in [1.29, 1.82) is 0 Å². The highest BCUT2D eigenvalue weighted by Crippen LogP contribution is 2.34. The summed E-state index contributed by atoms with van der Waals surface area (Å²) in [5, 5.41) is 4.51. The molecule has 19 heavy (non-hydrogen) atoms. The van der Waals surface area contributed by atoms with Crippen molar-refractivity contribution >= 4 is 23.4 Å². The summed E-state index contributed by atoms with van der Waals surface area (Å²) in [5.41, 5.74) is 1.30.